The third-order valence-corrected chi connectivity index (χ3v) is 4.03. The number of hydrogen-bond acceptors (Lipinski definition) is 3. The molecule has 0 aliphatic carbocycles. The van der Waals surface area contributed by atoms with Gasteiger partial charge < -0.3 is 9.88 Å². The molecule has 0 amide bonds. The summed E-state index contributed by atoms with van der Waals surface area (Å²) in [5, 5.41) is 7.78. The molecule has 0 aromatic carbocycles. The first-order valence-corrected chi connectivity index (χ1v) is 6.73. The summed E-state index contributed by atoms with van der Waals surface area (Å²) < 4.78 is 5.05. The smallest absolute Gasteiger partial charge is 0.109 e. The van der Waals surface area contributed by atoms with Gasteiger partial charge in [0.05, 0.1) is 15.9 Å². The zero-order valence-corrected chi connectivity index (χ0v) is 12.5. The van der Waals surface area contributed by atoms with Crippen LogP contribution in [-0.2, 0) is 27.1 Å². The molecule has 98 valence electrons. The minimum Gasteiger partial charge on any atom is -0.338 e. The van der Waals surface area contributed by atoms with Gasteiger partial charge in [-0.15, -0.1) is 0 Å². The van der Waals surface area contributed by atoms with Gasteiger partial charge in [0.15, 0.2) is 0 Å². The SMILES string of the molecule is Cc1nn(C)c(CNCCc2nccn2C)c1Br. The van der Waals surface area contributed by atoms with E-state index in [0.717, 1.165) is 35.5 Å². The van der Waals surface area contributed by atoms with Crippen LogP contribution in [0.15, 0.2) is 16.9 Å². The van der Waals surface area contributed by atoms with Crippen molar-refractivity contribution in [1.29, 1.82) is 0 Å². The summed E-state index contributed by atoms with van der Waals surface area (Å²) in [5.74, 6) is 1.10. The number of rotatable bonds is 5. The molecule has 0 radical (unpaired) electrons. The molecular formula is C12H18BrN5. The number of halogens is 1. The van der Waals surface area contributed by atoms with Crippen LogP contribution in [0.5, 0.6) is 0 Å². The van der Waals surface area contributed by atoms with E-state index in [2.05, 4.69) is 31.3 Å². The first-order valence-electron chi connectivity index (χ1n) is 5.94. The Hall–Kier alpha value is -1.14. The predicted octanol–water partition coefficient (Wildman–Crippen LogP) is 1.56. The summed E-state index contributed by atoms with van der Waals surface area (Å²) in [6.07, 6.45) is 4.73. The van der Waals surface area contributed by atoms with E-state index in [0.29, 0.717) is 0 Å². The molecule has 18 heavy (non-hydrogen) atoms. The average molecular weight is 312 g/mol. The average Bonchev–Trinajstić information content (AvgIpc) is 2.83. The molecule has 0 atom stereocenters. The highest BCUT2D eigenvalue weighted by atomic mass is 79.9. The highest BCUT2D eigenvalue weighted by molar-refractivity contribution is 9.10. The van der Waals surface area contributed by atoms with Gasteiger partial charge in [0.1, 0.15) is 5.82 Å². The topological polar surface area (TPSA) is 47.7 Å². The molecule has 0 fully saturated rings. The third kappa shape index (κ3) is 2.81. The summed E-state index contributed by atoms with van der Waals surface area (Å²) in [4.78, 5) is 4.30. The zero-order chi connectivity index (χ0) is 13.1. The number of aryl methyl sites for hydroxylation is 3. The third-order valence-electron chi connectivity index (χ3n) is 3.00. The first-order chi connectivity index (χ1) is 8.59. The van der Waals surface area contributed by atoms with Gasteiger partial charge in [-0.25, -0.2) is 4.98 Å². The molecule has 5 nitrogen and oxygen atoms in total. The molecule has 1 N–H and O–H groups in total. The van der Waals surface area contributed by atoms with Crippen molar-refractivity contribution < 1.29 is 0 Å². The fourth-order valence-corrected chi connectivity index (χ4v) is 2.39. The van der Waals surface area contributed by atoms with Crippen molar-refractivity contribution in [2.24, 2.45) is 14.1 Å². The normalized spacial score (nSPS) is 11.1. The maximum atomic E-state index is 4.37. The Kier molecular flexibility index (Phi) is 4.19. The fourth-order valence-electron chi connectivity index (χ4n) is 1.92. The van der Waals surface area contributed by atoms with Gasteiger partial charge in [-0.3, -0.25) is 4.68 Å². The van der Waals surface area contributed by atoms with Crippen LogP contribution in [0.25, 0.3) is 0 Å². The number of imidazole rings is 1. The molecule has 0 saturated carbocycles. The Morgan fingerprint density at radius 3 is 2.72 bits per heavy atom. The van der Waals surface area contributed by atoms with Crippen molar-refractivity contribution in [3.63, 3.8) is 0 Å². The summed E-state index contributed by atoms with van der Waals surface area (Å²) in [7, 11) is 3.98. The van der Waals surface area contributed by atoms with Crippen molar-refractivity contribution >= 4 is 15.9 Å². The lowest BCUT2D eigenvalue weighted by Crippen LogP contribution is -2.20. The lowest BCUT2D eigenvalue weighted by atomic mass is 10.3. The summed E-state index contributed by atoms with van der Waals surface area (Å²) in [5.41, 5.74) is 2.20. The molecule has 0 unspecified atom stereocenters. The second kappa shape index (κ2) is 5.67. The summed E-state index contributed by atoms with van der Waals surface area (Å²) in [6, 6.07) is 0. The van der Waals surface area contributed by atoms with Crippen molar-refractivity contribution in [2.75, 3.05) is 6.54 Å². The van der Waals surface area contributed by atoms with Crippen LogP contribution < -0.4 is 5.32 Å². The van der Waals surface area contributed by atoms with Crippen molar-refractivity contribution in [3.8, 4) is 0 Å². The lowest BCUT2D eigenvalue weighted by molar-refractivity contribution is 0.610. The predicted molar refractivity (Wildman–Crippen MR) is 74.3 cm³/mol. The number of nitrogens with zero attached hydrogens (tertiary/aromatic N) is 4. The minimum atomic E-state index is 0.808. The fraction of sp³-hybridized carbons (Fsp3) is 0.500. The van der Waals surface area contributed by atoms with E-state index < -0.39 is 0 Å². The molecule has 0 aliphatic heterocycles. The number of nitrogens with one attached hydrogen (secondary N) is 1. The van der Waals surface area contributed by atoms with Crippen LogP contribution in [-0.4, -0.2) is 25.9 Å². The lowest BCUT2D eigenvalue weighted by Gasteiger charge is -2.06. The molecule has 0 bridgehead atoms. The van der Waals surface area contributed by atoms with Crippen LogP contribution in [0.1, 0.15) is 17.2 Å². The van der Waals surface area contributed by atoms with E-state index in [9.17, 15) is 0 Å². The molecule has 0 saturated heterocycles. The quantitative estimate of drug-likeness (QED) is 0.852. The highest BCUT2D eigenvalue weighted by Crippen LogP contribution is 2.19. The number of aromatic nitrogens is 4. The molecule has 2 heterocycles. The standard InChI is InChI=1S/C12H18BrN5/c1-9-12(13)10(18(3)16-9)8-14-5-4-11-15-6-7-17(11)2/h6-7,14H,4-5,8H2,1-3H3. The van der Waals surface area contributed by atoms with E-state index in [4.69, 9.17) is 0 Å². The van der Waals surface area contributed by atoms with Crippen molar-refractivity contribution in [3.05, 3.63) is 34.1 Å². The van der Waals surface area contributed by atoms with Crippen LogP contribution in [0.2, 0.25) is 0 Å². The van der Waals surface area contributed by atoms with Crippen LogP contribution in [0.3, 0.4) is 0 Å². The molecule has 6 heteroatoms. The molecule has 2 aromatic rings. The maximum absolute atomic E-state index is 4.37. The van der Waals surface area contributed by atoms with Crippen molar-refractivity contribution in [1.82, 2.24) is 24.6 Å². The van der Waals surface area contributed by atoms with E-state index in [1.54, 1.807) is 0 Å². The number of hydrogen-bond donors (Lipinski definition) is 1. The Labute approximate surface area is 115 Å². The first kappa shape index (κ1) is 13.3. The van der Waals surface area contributed by atoms with Gasteiger partial charge in [0, 0.05) is 46.0 Å². The minimum absolute atomic E-state index is 0.808. The Bertz CT molecular complexity index is 529. The van der Waals surface area contributed by atoms with Gasteiger partial charge >= 0.3 is 0 Å². The molecule has 0 spiro atoms. The summed E-state index contributed by atoms with van der Waals surface area (Å²) >= 11 is 3.56. The van der Waals surface area contributed by atoms with Crippen LogP contribution >= 0.6 is 15.9 Å². The van der Waals surface area contributed by atoms with E-state index in [1.807, 2.05) is 42.7 Å². The van der Waals surface area contributed by atoms with Gasteiger partial charge in [-0.2, -0.15) is 5.10 Å². The molecule has 0 aliphatic rings. The van der Waals surface area contributed by atoms with E-state index >= 15 is 0 Å². The maximum Gasteiger partial charge on any atom is 0.109 e. The van der Waals surface area contributed by atoms with Gasteiger partial charge in [0.2, 0.25) is 0 Å². The largest absolute Gasteiger partial charge is 0.338 e. The van der Waals surface area contributed by atoms with Crippen LogP contribution in [0.4, 0.5) is 0 Å². The Balaban J connectivity index is 1.84. The second-order valence-electron chi connectivity index (χ2n) is 4.35. The highest BCUT2D eigenvalue weighted by Gasteiger charge is 2.09. The Morgan fingerprint density at radius 2 is 2.17 bits per heavy atom. The molecule has 2 aromatic heterocycles. The zero-order valence-electron chi connectivity index (χ0n) is 10.9. The molecular weight excluding hydrogens is 294 g/mol. The van der Waals surface area contributed by atoms with Gasteiger partial charge in [-0.1, -0.05) is 0 Å². The van der Waals surface area contributed by atoms with Crippen molar-refractivity contribution in [2.45, 2.75) is 19.9 Å². The Morgan fingerprint density at radius 1 is 1.39 bits per heavy atom. The van der Waals surface area contributed by atoms with E-state index in [1.165, 1.54) is 5.69 Å². The van der Waals surface area contributed by atoms with E-state index in [-0.39, 0.29) is 0 Å². The van der Waals surface area contributed by atoms with Crippen LogP contribution in [0, 0.1) is 6.92 Å². The summed E-state index contributed by atoms with van der Waals surface area (Å²) in [6.45, 7) is 3.71. The van der Waals surface area contributed by atoms with Gasteiger partial charge in [0.25, 0.3) is 0 Å². The van der Waals surface area contributed by atoms with Gasteiger partial charge in [-0.05, 0) is 22.9 Å². The second-order valence-corrected chi connectivity index (χ2v) is 5.14. The monoisotopic (exact) mass is 311 g/mol. The molecule has 2 rings (SSSR count).